The van der Waals surface area contributed by atoms with Gasteiger partial charge in [0.05, 0.1) is 10.9 Å². The molecule has 2 heterocycles. The average Bonchev–Trinajstić information content (AvgIpc) is 3.04. The van der Waals surface area contributed by atoms with Crippen molar-refractivity contribution >= 4 is 16.8 Å². The largest absolute Gasteiger partial charge is 0.332 e. The summed E-state index contributed by atoms with van der Waals surface area (Å²) in [6, 6.07) is 10.5. The highest BCUT2D eigenvalue weighted by Gasteiger charge is 2.22. The van der Waals surface area contributed by atoms with Crippen LogP contribution in [0.5, 0.6) is 0 Å². The SMILES string of the molecule is CCn1cc(C(C)=O)c(=O)c2cc(CC3Cc4ccccc4C3)cnc21. The van der Waals surface area contributed by atoms with Crippen LogP contribution in [0.3, 0.4) is 0 Å². The molecule has 0 N–H and O–H groups in total. The van der Waals surface area contributed by atoms with Crippen molar-refractivity contribution in [3.8, 4) is 0 Å². The van der Waals surface area contributed by atoms with Crippen LogP contribution in [0.2, 0.25) is 0 Å². The highest BCUT2D eigenvalue weighted by atomic mass is 16.1. The molecule has 0 unspecified atom stereocenters. The third-order valence-electron chi connectivity index (χ3n) is 5.35. The van der Waals surface area contributed by atoms with Crippen LogP contribution in [0.25, 0.3) is 11.0 Å². The molecule has 132 valence electrons. The Bertz CT molecular complexity index is 1040. The number of carbonyl (C=O) groups is 1. The number of rotatable bonds is 4. The number of ketones is 1. The van der Waals surface area contributed by atoms with Crippen molar-refractivity contribution in [1.82, 2.24) is 9.55 Å². The first-order valence-electron chi connectivity index (χ1n) is 9.16. The summed E-state index contributed by atoms with van der Waals surface area (Å²) in [6.07, 6.45) is 6.55. The molecule has 26 heavy (non-hydrogen) atoms. The summed E-state index contributed by atoms with van der Waals surface area (Å²) < 4.78 is 1.88. The molecule has 0 saturated heterocycles. The van der Waals surface area contributed by atoms with Crippen LogP contribution in [0.1, 0.15) is 40.9 Å². The van der Waals surface area contributed by atoms with E-state index in [1.165, 1.54) is 18.1 Å². The maximum absolute atomic E-state index is 12.7. The molecule has 1 aromatic carbocycles. The minimum Gasteiger partial charge on any atom is -0.332 e. The lowest BCUT2D eigenvalue weighted by molar-refractivity contribution is 0.101. The van der Waals surface area contributed by atoms with Crippen LogP contribution in [0, 0.1) is 5.92 Å². The van der Waals surface area contributed by atoms with Gasteiger partial charge in [-0.1, -0.05) is 24.3 Å². The summed E-state index contributed by atoms with van der Waals surface area (Å²) >= 11 is 0. The zero-order valence-electron chi connectivity index (χ0n) is 15.2. The van der Waals surface area contributed by atoms with Crippen LogP contribution in [0.15, 0.2) is 47.5 Å². The van der Waals surface area contributed by atoms with Crippen molar-refractivity contribution < 1.29 is 4.79 Å². The van der Waals surface area contributed by atoms with Crippen molar-refractivity contribution in [3.63, 3.8) is 0 Å². The molecule has 4 rings (SSSR count). The molecule has 0 amide bonds. The number of carbonyl (C=O) groups excluding carboxylic acids is 1. The fourth-order valence-electron chi connectivity index (χ4n) is 4.05. The van der Waals surface area contributed by atoms with Crippen LogP contribution < -0.4 is 5.43 Å². The van der Waals surface area contributed by atoms with Gasteiger partial charge in [-0.2, -0.15) is 0 Å². The zero-order valence-corrected chi connectivity index (χ0v) is 15.2. The Kier molecular flexibility index (Phi) is 4.19. The van der Waals surface area contributed by atoms with Crippen LogP contribution in [-0.2, 0) is 25.8 Å². The van der Waals surface area contributed by atoms with E-state index in [1.807, 2.05) is 23.8 Å². The minimum absolute atomic E-state index is 0.198. The van der Waals surface area contributed by atoms with E-state index in [2.05, 4.69) is 29.2 Å². The maximum atomic E-state index is 12.7. The highest BCUT2D eigenvalue weighted by Crippen LogP contribution is 2.29. The summed E-state index contributed by atoms with van der Waals surface area (Å²) in [4.78, 5) is 29.1. The second kappa shape index (κ2) is 6.52. The van der Waals surface area contributed by atoms with Gasteiger partial charge in [0.25, 0.3) is 0 Å². The van der Waals surface area contributed by atoms with E-state index in [9.17, 15) is 9.59 Å². The number of aryl methyl sites for hydroxylation is 1. The van der Waals surface area contributed by atoms with Gasteiger partial charge < -0.3 is 4.57 Å². The van der Waals surface area contributed by atoms with E-state index in [0.717, 1.165) is 24.8 Å². The van der Waals surface area contributed by atoms with Crippen LogP contribution in [-0.4, -0.2) is 15.3 Å². The van der Waals surface area contributed by atoms with E-state index in [4.69, 9.17) is 0 Å². The summed E-state index contributed by atoms with van der Waals surface area (Å²) in [6.45, 7) is 4.09. The van der Waals surface area contributed by atoms with Gasteiger partial charge in [-0.05, 0) is 61.8 Å². The molecule has 4 heteroatoms. The Labute approximate surface area is 152 Å². The molecule has 0 fully saturated rings. The molecular weight excluding hydrogens is 324 g/mol. The van der Waals surface area contributed by atoms with E-state index in [1.54, 1.807) is 6.20 Å². The lowest BCUT2D eigenvalue weighted by atomic mass is 9.97. The van der Waals surface area contributed by atoms with Gasteiger partial charge in [0, 0.05) is 18.9 Å². The van der Waals surface area contributed by atoms with Gasteiger partial charge in [0.1, 0.15) is 5.65 Å². The van der Waals surface area contributed by atoms with Gasteiger partial charge >= 0.3 is 0 Å². The van der Waals surface area contributed by atoms with Crippen molar-refractivity contribution in [1.29, 1.82) is 0 Å². The summed E-state index contributed by atoms with van der Waals surface area (Å²) in [7, 11) is 0. The molecule has 0 aliphatic heterocycles. The summed E-state index contributed by atoms with van der Waals surface area (Å²) in [5, 5.41) is 0.549. The third-order valence-corrected chi connectivity index (χ3v) is 5.35. The Balaban J connectivity index is 1.71. The maximum Gasteiger partial charge on any atom is 0.201 e. The van der Waals surface area contributed by atoms with Gasteiger partial charge in [0.15, 0.2) is 5.78 Å². The lowest BCUT2D eigenvalue weighted by Gasteiger charge is -2.12. The molecule has 0 radical (unpaired) electrons. The first kappa shape index (κ1) is 16.7. The fraction of sp³-hybridized carbons (Fsp3) is 0.318. The monoisotopic (exact) mass is 346 g/mol. The van der Waals surface area contributed by atoms with E-state index in [-0.39, 0.29) is 16.8 Å². The fourth-order valence-corrected chi connectivity index (χ4v) is 4.05. The van der Waals surface area contributed by atoms with E-state index in [0.29, 0.717) is 23.5 Å². The summed E-state index contributed by atoms with van der Waals surface area (Å²) in [5.41, 5.74) is 4.61. The number of Topliss-reactive ketones (excluding diaryl/α,β-unsaturated/α-hetero) is 1. The molecular formula is C22H22N2O2. The van der Waals surface area contributed by atoms with Crippen LogP contribution >= 0.6 is 0 Å². The molecule has 4 nitrogen and oxygen atoms in total. The third kappa shape index (κ3) is 2.85. The molecule has 3 aromatic rings. The van der Waals surface area contributed by atoms with Gasteiger partial charge in [-0.3, -0.25) is 9.59 Å². The number of pyridine rings is 2. The normalized spacial score (nSPS) is 13.9. The van der Waals surface area contributed by atoms with Crippen molar-refractivity contribution in [2.45, 2.75) is 39.7 Å². The Morgan fingerprint density at radius 1 is 1.23 bits per heavy atom. The number of benzene rings is 1. The predicted molar refractivity (Wildman–Crippen MR) is 103 cm³/mol. The quantitative estimate of drug-likeness (QED) is 0.679. The van der Waals surface area contributed by atoms with Gasteiger partial charge in [-0.25, -0.2) is 4.98 Å². The number of hydrogen-bond donors (Lipinski definition) is 0. The van der Waals surface area contributed by atoms with Crippen molar-refractivity contribution in [2.75, 3.05) is 0 Å². The average molecular weight is 346 g/mol. The number of nitrogens with zero attached hydrogens (tertiary/aromatic N) is 2. The standard InChI is InChI=1S/C22H22N2O2/c1-3-24-13-20(14(2)25)21(26)19-11-16(12-23-22(19)24)8-15-9-17-6-4-5-7-18(17)10-15/h4-7,11-13,15H,3,8-10H2,1-2H3. The lowest BCUT2D eigenvalue weighted by Crippen LogP contribution is -2.18. The zero-order chi connectivity index (χ0) is 18.3. The Morgan fingerprint density at radius 3 is 2.54 bits per heavy atom. The van der Waals surface area contributed by atoms with Gasteiger partial charge in [-0.15, -0.1) is 0 Å². The second-order valence-electron chi connectivity index (χ2n) is 7.18. The number of hydrogen-bond acceptors (Lipinski definition) is 3. The second-order valence-corrected chi connectivity index (χ2v) is 7.18. The number of fused-ring (bicyclic) bond motifs is 2. The predicted octanol–water partition coefficient (Wildman–Crippen LogP) is 3.58. The first-order chi connectivity index (χ1) is 12.6. The Hall–Kier alpha value is -2.75. The van der Waals surface area contributed by atoms with Crippen molar-refractivity contribution in [3.05, 3.63) is 75.2 Å². The highest BCUT2D eigenvalue weighted by molar-refractivity contribution is 5.96. The topological polar surface area (TPSA) is 52.0 Å². The molecule has 0 spiro atoms. The molecule has 0 bridgehead atoms. The molecule has 0 saturated carbocycles. The van der Waals surface area contributed by atoms with Gasteiger partial charge in [0.2, 0.25) is 5.43 Å². The molecule has 1 aliphatic carbocycles. The van der Waals surface area contributed by atoms with E-state index < -0.39 is 0 Å². The Morgan fingerprint density at radius 2 is 1.92 bits per heavy atom. The minimum atomic E-state index is -0.207. The number of aromatic nitrogens is 2. The smallest absolute Gasteiger partial charge is 0.201 e. The molecule has 2 aromatic heterocycles. The van der Waals surface area contributed by atoms with E-state index >= 15 is 0 Å². The molecule has 0 atom stereocenters. The molecule has 1 aliphatic rings. The van der Waals surface area contributed by atoms with Crippen molar-refractivity contribution in [2.24, 2.45) is 5.92 Å². The first-order valence-corrected chi connectivity index (χ1v) is 9.16. The van der Waals surface area contributed by atoms with Crippen LogP contribution in [0.4, 0.5) is 0 Å². The summed E-state index contributed by atoms with van der Waals surface area (Å²) in [5.74, 6) is 0.340.